The van der Waals surface area contributed by atoms with Crippen LogP contribution in [0.2, 0.25) is 0 Å². The van der Waals surface area contributed by atoms with E-state index in [0.717, 1.165) is 0 Å². The van der Waals surface area contributed by atoms with E-state index in [1.54, 1.807) is 11.1 Å². The Morgan fingerprint density at radius 1 is 0.850 bits per heavy atom. The van der Waals surface area contributed by atoms with E-state index in [9.17, 15) is 0 Å². The van der Waals surface area contributed by atoms with Crippen molar-refractivity contribution in [2.45, 2.75) is 32.6 Å². The van der Waals surface area contributed by atoms with Crippen LogP contribution in [0.4, 0.5) is 0 Å². The van der Waals surface area contributed by atoms with Crippen LogP contribution in [0.1, 0.15) is 29.5 Å². The number of fused-ring (bicyclic) bond motifs is 2. The van der Waals surface area contributed by atoms with E-state index in [4.69, 9.17) is 0 Å². The molecule has 0 saturated heterocycles. The Morgan fingerprint density at radius 2 is 1.60 bits per heavy atom. The minimum atomic E-state index is 1.25. The van der Waals surface area contributed by atoms with Gasteiger partial charge in [0, 0.05) is 4.70 Å². The van der Waals surface area contributed by atoms with E-state index >= 15 is 0 Å². The van der Waals surface area contributed by atoms with Crippen molar-refractivity contribution >= 4 is 21.4 Å². The summed E-state index contributed by atoms with van der Waals surface area (Å²) in [6, 6.07) is 13.9. The molecule has 0 aliphatic heterocycles. The maximum absolute atomic E-state index is 2.41. The SMILES string of the molecule is Cc1csc2cc(-c3ccc4c(c3)CCCC4)ccc12. The lowest BCUT2D eigenvalue weighted by Crippen LogP contribution is -2.02. The van der Waals surface area contributed by atoms with Crippen molar-refractivity contribution in [1.29, 1.82) is 0 Å². The molecule has 0 radical (unpaired) electrons. The van der Waals surface area contributed by atoms with Gasteiger partial charge in [-0.25, -0.2) is 0 Å². The summed E-state index contributed by atoms with van der Waals surface area (Å²) in [5.74, 6) is 0. The van der Waals surface area contributed by atoms with Crippen molar-refractivity contribution in [2.75, 3.05) is 0 Å². The van der Waals surface area contributed by atoms with Crippen molar-refractivity contribution in [2.24, 2.45) is 0 Å². The molecule has 100 valence electrons. The van der Waals surface area contributed by atoms with Crippen LogP contribution in [-0.4, -0.2) is 0 Å². The zero-order valence-electron chi connectivity index (χ0n) is 11.8. The largest absolute Gasteiger partial charge is 0.144 e. The summed E-state index contributed by atoms with van der Waals surface area (Å²) >= 11 is 1.85. The Hall–Kier alpha value is -1.60. The minimum absolute atomic E-state index is 1.25. The zero-order chi connectivity index (χ0) is 13.5. The zero-order valence-corrected chi connectivity index (χ0v) is 12.6. The van der Waals surface area contributed by atoms with Crippen LogP contribution in [0, 0.1) is 6.92 Å². The highest BCUT2D eigenvalue weighted by molar-refractivity contribution is 7.17. The number of hydrogen-bond acceptors (Lipinski definition) is 1. The van der Waals surface area contributed by atoms with E-state index in [2.05, 4.69) is 48.7 Å². The average Bonchev–Trinajstić information content (AvgIpc) is 2.88. The lowest BCUT2D eigenvalue weighted by Gasteiger charge is -2.16. The fraction of sp³-hybridized carbons (Fsp3) is 0.263. The average molecular weight is 278 g/mol. The van der Waals surface area contributed by atoms with E-state index in [1.165, 1.54) is 52.5 Å². The Labute approximate surface area is 124 Å². The van der Waals surface area contributed by atoms with E-state index in [-0.39, 0.29) is 0 Å². The van der Waals surface area contributed by atoms with Gasteiger partial charge in [0.2, 0.25) is 0 Å². The van der Waals surface area contributed by atoms with Crippen molar-refractivity contribution in [3.05, 3.63) is 58.5 Å². The molecule has 1 heterocycles. The van der Waals surface area contributed by atoms with Crippen molar-refractivity contribution in [3.8, 4) is 11.1 Å². The molecule has 0 spiro atoms. The first kappa shape index (κ1) is 12.2. The van der Waals surface area contributed by atoms with E-state index in [0.29, 0.717) is 0 Å². The van der Waals surface area contributed by atoms with Gasteiger partial charge in [0.05, 0.1) is 0 Å². The van der Waals surface area contributed by atoms with Gasteiger partial charge in [-0.15, -0.1) is 11.3 Å². The second-order valence-corrected chi connectivity index (χ2v) is 6.73. The first-order valence-corrected chi connectivity index (χ1v) is 8.29. The quantitative estimate of drug-likeness (QED) is 0.531. The molecule has 0 fully saturated rings. The van der Waals surface area contributed by atoms with Crippen LogP contribution in [0.3, 0.4) is 0 Å². The summed E-state index contributed by atoms with van der Waals surface area (Å²) in [5.41, 5.74) is 7.25. The summed E-state index contributed by atoms with van der Waals surface area (Å²) in [6.07, 6.45) is 5.22. The van der Waals surface area contributed by atoms with Gasteiger partial charge in [-0.05, 0) is 77.3 Å². The Morgan fingerprint density at radius 3 is 2.50 bits per heavy atom. The van der Waals surface area contributed by atoms with Gasteiger partial charge < -0.3 is 0 Å². The van der Waals surface area contributed by atoms with Gasteiger partial charge in [0.15, 0.2) is 0 Å². The molecule has 1 aliphatic carbocycles. The normalized spacial score (nSPS) is 14.4. The van der Waals surface area contributed by atoms with Crippen LogP contribution >= 0.6 is 11.3 Å². The standard InChI is InChI=1S/C19H18S/c1-13-12-20-19-11-17(8-9-18(13)19)16-7-6-14-4-2-3-5-15(14)10-16/h6-12H,2-5H2,1H3. The Bertz CT molecular complexity index is 780. The summed E-state index contributed by atoms with van der Waals surface area (Å²) in [5, 5.41) is 3.65. The van der Waals surface area contributed by atoms with Crippen molar-refractivity contribution in [1.82, 2.24) is 0 Å². The molecule has 4 rings (SSSR count). The lowest BCUT2D eigenvalue weighted by molar-refractivity contribution is 0.686. The molecule has 2 aromatic carbocycles. The van der Waals surface area contributed by atoms with Crippen LogP contribution in [0.25, 0.3) is 21.2 Å². The summed E-state index contributed by atoms with van der Waals surface area (Å²) in [4.78, 5) is 0. The predicted octanol–water partition coefficient (Wildman–Crippen LogP) is 5.76. The molecular formula is C19H18S. The second kappa shape index (κ2) is 4.75. The van der Waals surface area contributed by atoms with Crippen molar-refractivity contribution in [3.63, 3.8) is 0 Å². The van der Waals surface area contributed by atoms with Gasteiger partial charge in [0.25, 0.3) is 0 Å². The smallest absolute Gasteiger partial charge is 0.0351 e. The Balaban J connectivity index is 1.82. The molecule has 1 aromatic heterocycles. The van der Waals surface area contributed by atoms with E-state index in [1.807, 2.05) is 11.3 Å². The van der Waals surface area contributed by atoms with Gasteiger partial charge in [0.1, 0.15) is 0 Å². The first-order chi connectivity index (χ1) is 9.81. The van der Waals surface area contributed by atoms with Crippen LogP contribution in [-0.2, 0) is 12.8 Å². The Kier molecular flexibility index (Phi) is 2.89. The van der Waals surface area contributed by atoms with Gasteiger partial charge in [-0.2, -0.15) is 0 Å². The predicted molar refractivity (Wildman–Crippen MR) is 88.6 cm³/mol. The summed E-state index contributed by atoms with van der Waals surface area (Å²) in [6.45, 7) is 2.19. The molecule has 0 atom stereocenters. The third-order valence-corrected chi connectivity index (χ3v) is 5.51. The molecule has 0 unspecified atom stereocenters. The molecule has 0 amide bonds. The molecule has 0 N–H and O–H groups in total. The summed E-state index contributed by atoms with van der Waals surface area (Å²) < 4.78 is 1.40. The first-order valence-electron chi connectivity index (χ1n) is 7.41. The van der Waals surface area contributed by atoms with Crippen molar-refractivity contribution < 1.29 is 0 Å². The number of thiophene rings is 1. The lowest BCUT2D eigenvalue weighted by atomic mass is 9.89. The fourth-order valence-electron chi connectivity index (χ4n) is 3.25. The molecule has 0 bridgehead atoms. The van der Waals surface area contributed by atoms with Crippen LogP contribution < -0.4 is 0 Å². The topological polar surface area (TPSA) is 0 Å². The number of rotatable bonds is 1. The highest BCUT2D eigenvalue weighted by Gasteiger charge is 2.10. The number of aryl methyl sites for hydroxylation is 3. The van der Waals surface area contributed by atoms with E-state index < -0.39 is 0 Å². The van der Waals surface area contributed by atoms with Gasteiger partial charge in [-0.1, -0.05) is 30.3 Å². The molecule has 20 heavy (non-hydrogen) atoms. The molecule has 0 saturated carbocycles. The number of hydrogen-bond donors (Lipinski definition) is 0. The molecule has 1 heteroatoms. The third-order valence-electron chi connectivity index (χ3n) is 4.45. The molecule has 3 aromatic rings. The molecule has 1 aliphatic rings. The highest BCUT2D eigenvalue weighted by Crippen LogP contribution is 2.32. The number of benzene rings is 2. The maximum Gasteiger partial charge on any atom is 0.0351 e. The molecule has 0 nitrogen and oxygen atoms in total. The highest BCUT2D eigenvalue weighted by atomic mass is 32.1. The minimum Gasteiger partial charge on any atom is -0.144 e. The van der Waals surface area contributed by atoms with Crippen LogP contribution in [0.15, 0.2) is 41.8 Å². The molecular weight excluding hydrogens is 260 g/mol. The maximum atomic E-state index is 2.41. The van der Waals surface area contributed by atoms with Gasteiger partial charge >= 0.3 is 0 Å². The summed E-state index contributed by atoms with van der Waals surface area (Å²) in [7, 11) is 0. The van der Waals surface area contributed by atoms with Gasteiger partial charge in [-0.3, -0.25) is 0 Å². The van der Waals surface area contributed by atoms with Crippen LogP contribution in [0.5, 0.6) is 0 Å². The fourth-order valence-corrected chi connectivity index (χ4v) is 4.24. The third kappa shape index (κ3) is 1.97. The second-order valence-electron chi connectivity index (χ2n) is 5.82. The monoisotopic (exact) mass is 278 g/mol.